The molecule has 3 aromatic rings. The van der Waals surface area contributed by atoms with Gasteiger partial charge in [0.05, 0.1) is 17.2 Å². The molecule has 5 rings (SSSR count). The lowest BCUT2D eigenvalue weighted by molar-refractivity contribution is 0.0488. The Morgan fingerprint density at radius 2 is 1.86 bits per heavy atom. The fraction of sp³-hybridized carbons (Fsp3) is 0.500. The van der Waals surface area contributed by atoms with Crippen LogP contribution < -0.4 is 10.2 Å². The van der Waals surface area contributed by atoms with Gasteiger partial charge >= 0.3 is 6.09 Å². The van der Waals surface area contributed by atoms with Gasteiger partial charge in [-0.3, -0.25) is 0 Å². The molecule has 0 aliphatic heterocycles. The van der Waals surface area contributed by atoms with Gasteiger partial charge in [-0.15, -0.1) is 0 Å². The summed E-state index contributed by atoms with van der Waals surface area (Å²) in [5, 5.41) is 17.7. The number of carbonyl (C=O) groups is 1. The monoisotopic (exact) mass is 588 g/mol. The van der Waals surface area contributed by atoms with E-state index < -0.39 is 11.0 Å². The van der Waals surface area contributed by atoms with Crippen LogP contribution >= 0.6 is 11.6 Å². The third-order valence-electron chi connectivity index (χ3n) is 8.57. The van der Waals surface area contributed by atoms with Crippen molar-refractivity contribution in [3.8, 4) is 17.2 Å². The number of aromatic nitrogens is 1. The number of amides is 1. The Bertz CT molecular complexity index is 1480. The zero-order valence-electron chi connectivity index (χ0n) is 25.5. The van der Waals surface area contributed by atoms with E-state index in [1.807, 2.05) is 46.8 Å². The summed E-state index contributed by atoms with van der Waals surface area (Å²) in [5.41, 5.74) is 6.17. The maximum Gasteiger partial charge on any atom is 0.407 e. The average molecular weight is 589 g/mol. The number of hydrogen-bond acceptors (Lipinski definition) is 6. The van der Waals surface area contributed by atoms with Gasteiger partial charge in [0.1, 0.15) is 11.4 Å². The van der Waals surface area contributed by atoms with Crippen molar-refractivity contribution < 1.29 is 14.1 Å². The molecule has 8 heteroatoms. The SMILES string of the molecule is Cc1ccc(-c2c(C)noc2C)cc1N(CC1CCC(NC(=O)OC(C)(C)C)CC1)c1ccc(C2(C#N)CC2)c(Cl)c1. The summed E-state index contributed by atoms with van der Waals surface area (Å²) in [4.78, 5) is 14.7. The van der Waals surface area contributed by atoms with E-state index in [0.717, 1.165) is 90.2 Å². The zero-order chi connectivity index (χ0) is 30.2. The Hall–Kier alpha value is -3.50. The van der Waals surface area contributed by atoms with Gasteiger partial charge in [-0.05, 0) is 121 Å². The third kappa shape index (κ3) is 6.44. The van der Waals surface area contributed by atoms with E-state index in [0.29, 0.717) is 10.9 Å². The highest BCUT2D eigenvalue weighted by Crippen LogP contribution is 2.51. The van der Waals surface area contributed by atoms with Crippen molar-refractivity contribution >= 4 is 29.1 Å². The first kappa shape index (κ1) is 30.0. The molecule has 0 bridgehead atoms. The van der Waals surface area contributed by atoms with Crippen LogP contribution in [0.15, 0.2) is 40.9 Å². The second-order valence-electron chi connectivity index (χ2n) is 13.0. The number of nitrogens with one attached hydrogen (secondary N) is 1. The Labute approximate surface area is 254 Å². The summed E-state index contributed by atoms with van der Waals surface area (Å²) in [6.07, 6.45) is 5.14. The number of hydrogen-bond donors (Lipinski definition) is 1. The van der Waals surface area contributed by atoms with Crippen molar-refractivity contribution in [3.05, 3.63) is 64.0 Å². The first-order valence-electron chi connectivity index (χ1n) is 14.9. The average Bonchev–Trinajstić information content (AvgIpc) is 3.65. The van der Waals surface area contributed by atoms with Crippen LogP contribution in [0.2, 0.25) is 5.02 Å². The fourth-order valence-electron chi connectivity index (χ4n) is 6.14. The van der Waals surface area contributed by atoms with Crippen molar-refractivity contribution in [2.75, 3.05) is 11.4 Å². The standard InChI is InChI=1S/C34H41ClN4O3/c1-21-7-10-25(31-22(2)38-42-23(31)3)17-30(21)39(27-13-14-28(29(35)18-27)34(20-36)15-16-34)19-24-8-11-26(12-9-24)37-32(40)41-33(4,5)6/h7,10,13-14,17-18,24,26H,8-9,11-12,15-16,19H2,1-6H3,(H,37,40). The number of benzene rings is 2. The van der Waals surface area contributed by atoms with Gasteiger partial charge in [0, 0.05) is 34.5 Å². The van der Waals surface area contributed by atoms with E-state index in [4.69, 9.17) is 20.9 Å². The number of alkyl carbamates (subject to hydrolysis) is 1. The number of ether oxygens (including phenoxy) is 1. The predicted molar refractivity (Wildman–Crippen MR) is 166 cm³/mol. The Balaban J connectivity index is 1.42. The van der Waals surface area contributed by atoms with E-state index >= 15 is 0 Å². The van der Waals surface area contributed by atoms with Crippen molar-refractivity contribution in [2.45, 2.75) is 97.1 Å². The van der Waals surface area contributed by atoms with Crippen molar-refractivity contribution in [1.29, 1.82) is 5.26 Å². The largest absolute Gasteiger partial charge is 0.444 e. The molecule has 2 aliphatic rings. The van der Waals surface area contributed by atoms with Crippen LogP contribution in [-0.4, -0.2) is 29.4 Å². The summed E-state index contributed by atoms with van der Waals surface area (Å²) < 4.78 is 11.0. The van der Waals surface area contributed by atoms with Crippen molar-refractivity contribution in [3.63, 3.8) is 0 Å². The van der Waals surface area contributed by atoms with Gasteiger partial charge in [0.25, 0.3) is 0 Å². The molecule has 0 saturated heterocycles. The Morgan fingerprint density at radius 3 is 2.43 bits per heavy atom. The molecule has 1 amide bonds. The van der Waals surface area contributed by atoms with Crippen LogP contribution in [-0.2, 0) is 10.2 Å². The molecule has 0 unspecified atom stereocenters. The minimum Gasteiger partial charge on any atom is -0.444 e. The first-order chi connectivity index (χ1) is 19.9. The highest BCUT2D eigenvalue weighted by molar-refractivity contribution is 6.32. The number of halogens is 1. The lowest BCUT2D eigenvalue weighted by Gasteiger charge is -2.35. The molecule has 222 valence electrons. The number of carbonyl (C=O) groups excluding carboxylic acids is 1. The molecule has 2 aromatic carbocycles. The molecule has 0 radical (unpaired) electrons. The molecule has 2 saturated carbocycles. The van der Waals surface area contributed by atoms with Gasteiger partial charge in [0.2, 0.25) is 0 Å². The summed E-state index contributed by atoms with van der Waals surface area (Å²) >= 11 is 6.86. The second kappa shape index (κ2) is 11.6. The van der Waals surface area contributed by atoms with E-state index in [-0.39, 0.29) is 12.1 Å². The molecule has 2 fully saturated rings. The lowest BCUT2D eigenvalue weighted by atomic mass is 9.85. The molecule has 7 nitrogen and oxygen atoms in total. The van der Waals surface area contributed by atoms with Crippen molar-refractivity contribution in [2.24, 2.45) is 5.92 Å². The molecule has 0 atom stereocenters. The maximum absolute atomic E-state index is 12.3. The van der Waals surface area contributed by atoms with Crippen LogP contribution in [0.5, 0.6) is 0 Å². The van der Waals surface area contributed by atoms with Crippen LogP contribution in [0.4, 0.5) is 16.2 Å². The quantitative estimate of drug-likeness (QED) is 0.297. The summed E-state index contributed by atoms with van der Waals surface area (Å²) in [5.74, 6) is 1.22. The smallest absolute Gasteiger partial charge is 0.407 e. The van der Waals surface area contributed by atoms with E-state index in [1.165, 1.54) is 0 Å². The van der Waals surface area contributed by atoms with Gasteiger partial charge in [-0.25, -0.2) is 4.79 Å². The normalized spacial score (nSPS) is 19.6. The topological polar surface area (TPSA) is 91.4 Å². The maximum atomic E-state index is 12.3. The van der Waals surface area contributed by atoms with Crippen LogP contribution in [0.3, 0.4) is 0 Å². The van der Waals surface area contributed by atoms with Gasteiger partial charge in [-0.2, -0.15) is 5.26 Å². The highest BCUT2D eigenvalue weighted by atomic mass is 35.5. The van der Waals surface area contributed by atoms with Gasteiger partial charge in [0.15, 0.2) is 0 Å². The lowest BCUT2D eigenvalue weighted by Crippen LogP contribution is -2.41. The predicted octanol–water partition coefficient (Wildman–Crippen LogP) is 8.70. The van der Waals surface area contributed by atoms with Crippen LogP contribution in [0.1, 0.15) is 81.9 Å². The summed E-state index contributed by atoms with van der Waals surface area (Å²) in [6.45, 7) is 12.5. The molecule has 0 spiro atoms. The van der Waals surface area contributed by atoms with E-state index in [1.54, 1.807) is 0 Å². The molecule has 1 heterocycles. The minimum absolute atomic E-state index is 0.114. The highest BCUT2D eigenvalue weighted by Gasteiger charge is 2.46. The summed E-state index contributed by atoms with van der Waals surface area (Å²) in [7, 11) is 0. The molecule has 1 aromatic heterocycles. The number of aryl methyl sites for hydroxylation is 3. The third-order valence-corrected chi connectivity index (χ3v) is 8.89. The molecular formula is C34H41ClN4O3. The minimum atomic E-state index is -0.513. The van der Waals surface area contributed by atoms with Crippen LogP contribution in [0, 0.1) is 38.0 Å². The van der Waals surface area contributed by atoms with E-state index in [9.17, 15) is 10.1 Å². The molecular weight excluding hydrogens is 548 g/mol. The zero-order valence-corrected chi connectivity index (χ0v) is 26.3. The summed E-state index contributed by atoms with van der Waals surface area (Å²) in [6, 6.07) is 15.2. The second-order valence-corrected chi connectivity index (χ2v) is 13.4. The number of anilines is 2. The Kier molecular flexibility index (Phi) is 8.31. The number of nitriles is 1. The first-order valence-corrected chi connectivity index (χ1v) is 15.3. The molecule has 2 aliphatic carbocycles. The fourth-order valence-corrected chi connectivity index (χ4v) is 6.50. The molecule has 42 heavy (non-hydrogen) atoms. The van der Waals surface area contributed by atoms with E-state index in [2.05, 4.69) is 52.6 Å². The molecule has 1 N–H and O–H groups in total. The van der Waals surface area contributed by atoms with Gasteiger partial charge < -0.3 is 19.5 Å². The van der Waals surface area contributed by atoms with Crippen molar-refractivity contribution in [1.82, 2.24) is 10.5 Å². The number of nitrogens with zero attached hydrogens (tertiary/aromatic N) is 3. The van der Waals surface area contributed by atoms with Crippen LogP contribution in [0.25, 0.3) is 11.1 Å². The Morgan fingerprint density at radius 1 is 1.14 bits per heavy atom. The number of rotatable bonds is 7. The van der Waals surface area contributed by atoms with Gasteiger partial charge in [-0.1, -0.05) is 35.0 Å².